The average molecular weight is 260 g/mol. The van der Waals surface area contributed by atoms with Crippen molar-refractivity contribution >= 4 is 17.5 Å². The summed E-state index contributed by atoms with van der Waals surface area (Å²) in [6, 6.07) is 7.82. The number of nitrogens with zero attached hydrogens (tertiary/aromatic N) is 1. The second kappa shape index (κ2) is 5.87. The SMILES string of the molecule is CCCNC(=O)[C@@H]1CC(=O)N(c2ccc(C)cc2)C1. The van der Waals surface area contributed by atoms with E-state index in [2.05, 4.69) is 5.32 Å². The summed E-state index contributed by atoms with van der Waals surface area (Å²) >= 11 is 0. The van der Waals surface area contributed by atoms with Gasteiger partial charge in [-0.2, -0.15) is 0 Å². The zero-order chi connectivity index (χ0) is 13.8. The number of benzene rings is 1. The summed E-state index contributed by atoms with van der Waals surface area (Å²) in [5, 5.41) is 2.86. The lowest BCUT2D eigenvalue weighted by Crippen LogP contribution is -2.33. The first-order valence-corrected chi connectivity index (χ1v) is 6.76. The van der Waals surface area contributed by atoms with Crippen LogP contribution < -0.4 is 10.2 Å². The third-order valence-corrected chi connectivity index (χ3v) is 3.39. The van der Waals surface area contributed by atoms with Gasteiger partial charge in [0, 0.05) is 25.2 Å². The smallest absolute Gasteiger partial charge is 0.227 e. The maximum atomic E-state index is 12.0. The molecule has 0 bridgehead atoms. The molecule has 19 heavy (non-hydrogen) atoms. The van der Waals surface area contributed by atoms with Crippen LogP contribution in [0.3, 0.4) is 0 Å². The highest BCUT2D eigenvalue weighted by atomic mass is 16.2. The molecule has 0 aliphatic carbocycles. The highest BCUT2D eigenvalue weighted by molar-refractivity contribution is 6.00. The summed E-state index contributed by atoms with van der Waals surface area (Å²) in [7, 11) is 0. The van der Waals surface area contributed by atoms with E-state index in [0.717, 1.165) is 17.7 Å². The Balaban J connectivity index is 2.03. The summed E-state index contributed by atoms with van der Waals surface area (Å²) < 4.78 is 0. The van der Waals surface area contributed by atoms with Crippen molar-refractivity contribution in [1.29, 1.82) is 0 Å². The lowest BCUT2D eigenvalue weighted by atomic mass is 10.1. The molecule has 1 aromatic rings. The van der Waals surface area contributed by atoms with E-state index in [1.54, 1.807) is 4.90 Å². The van der Waals surface area contributed by atoms with Crippen LogP contribution in [0, 0.1) is 12.8 Å². The van der Waals surface area contributed by atoms with Gasteiger partial charge in [-0.3, -0.25) is 9.59 Å². The molecule has 4 heteroatoms. The van der Waals surface area contributed by atoms with E-state index in [-0.39, 0.29) is 17.7 Å². The van der Waals surface area contributed by atoms with Crippen molar-refractivity contribution in [2.75, 3.05) is 18.0 Å². The van der Waals surface area contributed by atoms with Crippen molar-refractivity contribution in [1.82, 2.24) is 5.32 Å². The molecule has 1 atom stereocenters. The second-order valence-electron chi connectivity index (χ2n) is 5.03. The van der Waals surface area contributed by atoms with Gasteiger partial charge in [0.25, 0.3) is 0 Å². The van der Waals surface area contributed by atoms with Gasteiger partial charge in [0.2, 0.25) is 11.8 Å². The van der Waals surface area contributed by atoms with Crippen LogP contribution in [-0.4, -0.2) is 24.9 Å². The molecule has 4 nitrogen and oxygen atoms in total. The molecular formula is C15H20N2O2. The van der Waals surface area contributed by atoms with Gasteiger partial charge in [0.1, 0.15) is 0 Å². The van der Waals surface area contributed by atoms with Crippen LogP contribution in [-0.2, 0) is 9.59 Å². The van der Waals surface area contributed by atoms with Crippen LogP contribution in [0.5, 0.6) is 0 Å². The van der Waals surface area contributed by atoms with Crippen molar-refractivity contribution in [3.05, 3.63) is 29.8 Å². The normalized spacial score (nSPS) is 18.7. The van der Waals surface area contributed by atoms with Crippen LogP contribution in [0.1, 0.15) is 25.3 Å². The van der Waals surface area contributed by atoms with Gasteiger partial charge in [0.05, 0.1) is 5.92 Å². The molecule has 0 aromatic heterocycles. The van der Waals surface area contributed by atoms with E-state index in [4.69, 9.17) is 0 Å². The Bertz CT molecular complexity index is 468. The maximum Gasteiger partial charge on any atom is 0.227 e. The van der Waals surface area contributed by atoms with Gasteiger partial charge in [-0.15, -0.1) is 0 Å². The molecule has 1 saturated heterocycles. The van der Waals surface area contributed by atoms with Crippen LogP contribution in [0.2, 0.25) is 0 Å². The molecule has 1 aromatic carbocycles. The molecule has 2 rings (SSSR count). The third-order valence-electron chi connectivity index (χ3n) is 3.39. The fourth-order valence-corrected chi connectivity index (χ4v) is 2.25. The number of anilines is 1. The van der Waals surface area contributed by atoms with Gasteiger partial charge in [-0.1, -0.05) is 24.6 Å². The van der Waals surface area contributed by atoms with Gasteiger partial charge < -0.3 is 10.2 Å². The summed E-state index contributed by atoms with van der Waals surface area (Å²) in [6.45, 7) is 5.18. The van der Waals surface area contributed by atoms with Crippen molar-refractivity contribution < 1.29 is 9.59 Å². The van der Waals surface area contributed by atoms with E-state index in [1.165, 1.54) is 0 Å². The first-order valence-electron chi connectivity index (χ1n) is 6.76. The molecule has 0 saturated carbocycles. The Morgan fingerprint density at radius 1 is 1.37 bits per heavy atom. The number of hydrogen-bond acceptors (Lipinski definition) is 2. The number of carbonyl (C=O) groups excluding carboxylic acids is 2. The Hall–Kier alpha value is -1.84. The Labute approximate surface area is 113 Å². The highest BCUT2D eigenvalue weighted by Crippen LogP contribution is 2.25. The molecule has 1 aliphatic rings. The number of nitrogens with one attached hydrogen (secondary N) is 1. The predicted molar refractivity (Wildman–Crippen MR) is 74.9 cm³/mol. The largest absolute Gasteiger partial charge is 0.356 e. The summed E-state index contributed by atoms with van der Waals surface area (Å²) in [6.07, 6.45) is 1.22. The summed E-state index contributed by atoms with van der Waals surface area (Å²) in [4.78, 5) is 25.6. The molecule has 0 spiro atoms. The minimum absolute atomic E-state index is 0.00943. The van der Waals surface area contributed by atoms with Crippen LogP contribution in [0.25, 0.3) is 0 Å². The number of hydrogen-bond donors (Lipinski definition) is 1. The van der Waals surface area contributed by atoms with E-state index in [1.807, 2.05) is 38.1 Å². The van der Waals surface area contributed by atoms with Crippen LogP contribution in [0.15, 0.2) is 24.3 Å². The van der Waals surface area contributed by atoms with Gasteiger partial charge in [0.15, 0.2) is 0 Å². The minimum atomic E-state index is -0.222. The number of aryl methyl sites for hydroxylation is 1. The summed E-state index contributed by atoms with van der Waals surface area (Å²) in [5.74, 6) is -0.203. The molecule has 0 radical (unpaired) electrons. The predicted octanol–water partition coefficient (Wildman–Crippen LogP) is 1.87. The molecule has 1 N–H and O–H groups in total. The standard InChI is InChI=1S/C15H20N2O2/c1-3-8-16-15(19)12-9-14(18)17(10-12)13-6-4-11(2)5-7-13/h4-7,12H,3,8-10H2,1-2H3,(H,16,19)/t12-/m1/s1. The molecule has 1 fully saturated rings. The molecule has 2 amide bonds. The Morgan fingerprint density at radius 3 is 2.68 bits per heavy atom. The van der Waals surface area contributed by atoms with Gasteiger partial charge >= 0.3 is 0 Å². The molecule has 1 aliphatic heterocycles. The number of rotatable bonds is 4. The van der Waals surface area contributed by atoms with E-state index < -0.39 is 0 Å². The molecule has 1 heterocycles. The van der Waals surface area contributed by atoms with Crippen LogP contribution in [0.4, 0.5) is 5.69 Å². The van der Waals surface area contributed by atoms with E-state index in [9.17, 15) is 9.59 Å². The fraction of sp³-hybridized carbons (Fsp3) is 0.467. The first-order chi connectivity index (χ1) is 9.11. The molecule has 0 unspecified atom stereocenters. The Kier molecular flexibility index (Phi) is 4.20. The van der Waals surface area contributed by atoms with Crippen molar-refractivity contribution in [3.8, 4) is 0 Å². The van der Waals surface area contributed by atoms with Crippen molar-refractivity contribution in [2.24, 2.45) is 5.92 Å². The third kappa shape index (κ3) is 3.13. The monoisotopic (exact) mass is 260 g/mol. The first kappa shape index (κ1) is 13.6. The number of amides is 2. The Morgan fingerprint density at radius 2 is 2.05 bits per heavy atom. The fourth-order valence-electron chi connectivity index (χ4n) is 2.25. The quantitative estimate of drug-likeness (QED) is 0.898. The molecule has 102 valence electrons. The summed E-state index contributed by atoms with van der Waals surface area (Å²) in [5.41, 5.74) is 2.04. The zero-order valence-corrected chi connectivity index (χ0v) is 11.5. The lowest BCUT2D eigenvalue weighted by molar-refractivity contribution is -0.126. The zero-order valence-electron chi connectivity index (χ0n) is 11.5. The van der Waals surface area contributed by atoms with Crippen molar-refractivity contribution in [2.45, 2.75) is 26.7 Å². The second-order valence-corrected chi connectivity index (χ2v) is 5.03. The molecular weight excluding hydrogens is 240 g/mol. The minimum Gasteiger partial charge on any atom is -0.356 e. The lowest BCUT2D eigenvalue weighted by Gasteiger charge is -2.16. The van der Waals surface area contributed by atoms with Crippen LogP contribution >= 0.6 is 0 Å². The highest BCUT2D eigenvalue weighted by Gasteiger charge is 2.34. The van der Waals surface area contributed by atoms with Crippen molar-refractivity contribution in [3.63, 3.8) is 0 Å². The van der Waals surface area contributed by atoms with Gasteiger partial charge in [-0.25, -0.2) is 0 Å². The number of carbonyl (C=O) groups is 2. The van der Waals surface area contributed by atoms with Gasteiger partial charge in [-0.05, 0) is 25.5 Å². The maximum absolute atomic E-state index is 12.0. The topological polar surface area (TPSA) is 49.4 Å². The van der Waals surface area contributed by atoms with E-state index in [0.29, 0.717) is 19.5 Å². The van der Waals surface area contributed by atoms with E-state index >= 15 is 0 Å². The average Bonchev–Trinajstić information content (AvgIpc) is 2.79.